The topological polar surface area (TPSA) is 60.0 Å². The highest BCUT2D eigenvalue weighted by Gasteiger charge is 2.23. The first-order valence-electron chi connectivity index (χ1n) is 10.1. The lowest BCUT2D eigenvalue weighted by atomic mass is 9.97. The second-order valence-electron chi connectivity index (χ2n) is 6.76. The first kappa shape index (κ1) is 24.6. The summed E-state index contributed by atoms with van der Waals surface area (Å²) in [5.41, 5.74) is 0. The van der Waals surface area contributed by atoms with Crippen LogP contribution >= 0.6 is 11.6 Å². The van der Waals surface area contributed by atoms with Crippen LogP contribution in [0.1, 0.15) is 52.9 Å². The predicted octanol–water partition coefficient (Wildman–Crippen LogP) is 4.99. The van der Waals surface area contributed by atoms with E-state index in [1.807, 2.05) is 25.2 Å². The van der Waals surface area contributed by atoms with Crippen molar-refractivity contribution in [2.45, 2.75) is 65.2 Å². The minimum Gasteiger partial charge on any atom is -0.493 e. The highest BCUT2D eigenvalue weighted by molar-refractivity contribution is 6.30. The average molecular weight is 414 g/mol. The molecule has 0 aliphatic heterocycles. The third-order valence-electron chi connectivity index (χ3n) is 4.73. The lowest BCUT2D eigenvalue weighted by Crippen LogP contribution is -2.41. The molecule has 0 fully saturated rings. The van der Waals surface area contributed by atoms with Crippen molar-refractivity contribution >= 4 is 11.6 Å². The fourth-order valence-electron chi connectivity index (χ4n) is 3.04. The standard InChI is InChI=1S/C22H36ClNO4/c1-6-10-21(28-19-13-12-16(7-2)15-17(19)23)22(25)24-14-9-11-20(27-5)18(8-3)26-4/h8,11-13,16,21-22,24-25H,6-7,9-10,14-15H2,1-5H3/b18-8+,20-11+. The molecule has 3 unspecified atom stereocenters. The van der Waals surface area contributed by atoms with Crippen LogP contribution in [0.4, 0.5) is 0 Å². The van der Waals surface area contributed by atoms with Gasteiger partial charge >= 0.3 is 0 Å². The molecule has 1 rings (SSSR count). The smallest absolute Gasteiger partial charge is 0.156 e. The highest BCUT2D eigenvalue weighted by atomic mass is 35.5. The van der Waals surface area contributed by atoms with Crippen LogP contribution in [-0.4, -0.2) is 38.2 Å². The van der Waals surface area contributed by atoms with Gasteiger partial charge in [-0.15, -0.1) is 0 Å². The molecule has 1 aliphatic rings. The summed E-state index contributed by atoms with van der Waals surface area (Å²) < 4.78 is 16.7. The number of halogens is 1. The number of ether oxygens (including phenoxy) is 3. The van der Waals surface area contributed by atoms with Crippen molar-refractivity contribution in [3.8, 4) is 0 Å². The number of methoxy groups -OCH3 is 2. The van der Waals surface area contributed by atoms with Crippen molar-refractivity contribution in [3.05, 3.63) is 46.6 Å². The maximum atomic E-state index is 10.6. The summed E-state index contributed by atoms with van der Waals surface area (Å²) in [4.78, 5) is 0. The monoisotopic (exact) mass is 413 g/mol. The van der Waals surface area contributed by atoms with Crippen LogP contribution in [-0.2, 0) is 14.2 Å². The van der Waals surface area contributed by atoms with Gasteiger partial charge in [-0.2, -0.15) is 0 Å². The van der Waals surface area contributed by atoms with Crippen molar-refractivity contribution in [1.29, 1.82) is 0 Å². The molecule has 2 N–H and O–H groups in total. The van der Waals surface area contributed by atoms with Crippen LogP contribution in [0, 0.1) is 5.92 Å². The Labute approximate surface area is 175 Å². The zero-order valence-corrected chi connectivity index (χ0v) is 18.6. The summed E-state index contributed by atoms with van der Waals surface area (Å²) in [6, 6.07) is 0. The lowest BCUT2D eigenvalue weighted by Gasteiger charge is -2.27. The Kier molecular flexibility index (Phi) is 12.0. The Morgan fingerprint density at radius 1 is 1.32 bits per heavy atom. The Morgan fingerprint density at radius 2 is 2.04 bits per heavy atom. The number of hydrogen-bond acceptors (Lipinski definition) is 5. The molecule has 1 aliphatic carbocycles. The second kappa shape index (κ2) is 13.7. The molecule has 5 nitrogen and oxygen atoms in total. The molecule has 0 spiro atoms. The molecule has 0 saturated heterocycles. The summed E-state index contributed by atoms with van der Waals surface area (Å²) in [6.07, 6.45) is 10.9. The maximum Gasteiger partial charge on any atom is 0.156 e. The predicted molar refractivity (Wildman–Crippen MR) is 115 cm³/mol. The van der Waals surface area contributed by atoms with Crippen LogP contribution in [0.5, 0.6) is 0 Å². The molecule has 0 aromatic rings. The zero-order chi connectivity index (χ0) is 20.9. The number of allylic oxidation sites excluding steroid dienone is 4. The molecular formula is C22H36ClNO4. The molecule has 3 atom stereocenters. The van der Waals surface area contributed by atoms with Crippen molar-refractivity contribution in [1.82, 2.24) is 5.32 Å². The van der Waals surface area contributed by atoms with Gasteiger partial charge in [-0.1, -0.05) is 37.9 Å². The molecule has 28 heavy (non-hydrogen) atoms. The first-order chi connectivity index (χ1) is 13.5. The Hall–Kier alpha value is -1.43. The van der Waals surface area contributed by atoms with Crippen LogP contribution in [0.3, 0.4) is 0 Å². The molecule has 0 saturated carbocycles. The fraction of sp³-hybridized carbons (Fsp3) is 0.636. The fourth-order valence-corrected chi connectivity index (χ4v) is 3.34. The Morgan fingerprint density at radius 3 is 2.57 bits per heavy atom. The van der Waals surface area contributed by atoms with Crippen molar-refractivity contribution < 1.29 is 19.3 Å². The SMILES string of the molecule is C/C=C(OC)\C(=C/CCNC(O)C(CCC)OC1=C(Cl)CC(CC)C=C1)OC. The van der Waals surface area contributed by atoms with Gasteiger partial charge in [-0.3, -0.25) is 5.32 Å². The van der Waals surface area contributed by atoms with Gasteiger partial charge in [0.2, 0.25) is 0 Å². The largest absolute Gasteiger partial charge is 0.493 e. The van der Waals surface area contributed by atoms with E-state index in [9.17, 15) is 5.11 Å². The Balaban J connectivity index is 2.61. The van der Waals surface area contributed by atoms with Gasteiger partial charge in [-0.05, 0) is 56.8 Å². The van der Waals surface area contributed by atoms with Crippen molar-refractivity contribution in [3.63, 3.8) is 0 Å². The maximum absolute atomic E-state index is 10.6. The number of aliphatic hydroxyl groups excluding tert-OH is 1. The van der Waals surface area contributed by atoms with Crippen LogP contribution in [0.25, 0.3) is 0 Å². The molecule has 0 heterocycles. The number of nitrogens with one attached hydrogen (secondary N) is 1. The molecule has 160 valence electrons. The van der Waals surface area contributed by atoms with E-state index in [0.717, 1.165) is 30.7 Å². The molecule has 0 bridgehead atoms. The summed E-state index contributed by atoms with van der Waals surface area (Å²) >= 11 is 6.40. The summed E-state index contributed by atoms with van der Waals surface area (Å²) in [6.45, 7) is 6.69. The molecule has 0 amide bonds. The van der Waals surface area contributed by atoms with Gasteiger partial charge in [0, 0.05) is 6.54 Å². The molecule has 0 aromatic heterocycles. The van der Waals surface area contributed by atoms with E-state index in [-0.39, 0.29) is 6.10 Å². The summed E-state index contributed by atoms with van der Waals surface area (Å²) in [7, 11) is 3.22. The molecule has 0 radical (unpaired) electrons. The quantitative estimate of drug-likeness (QED) is 0.193. The van der Waals surface area contributed by atoms with Gasteiger partial charge in [-0.25, -0.2) is 0 Å². The molecule has 6 heteroatoms. The van der Waals surface area contributed by atoms with E-state index in [1.54, 1.807) is 14.2 Å². The highest BCUT2D eigenvalue weighted by Crippen LogP contribution is 2.30. The summed E-state index contributed by atoms with van der Waals surface area (Å²) in [5, 5.41) is 14.4. The van der Waals surface area contributed by atoms with Crippen LogP contribution in [0.15, 0.2) is 46.6 Å². The third-order valence-corrected chi connectivity index (χ3v) is 5.07. The van der Waals surface area contributed by atoms with Gasteiger partial charge < -0.3 is 19.3 Å². The van der Waals surface area contributed by atoms with E-state index >= 15 is 0 Å². The number of rotatable bonds is 13. The lowest BCUT2D eigenvalue weighted by molar-refractivity contribution is -0.0233. The van der Waals surface area contributed by atoms with E-state index in [2.05, 4.69) is 25.2 Å². The zero-order valence-electron chi connectivity index (χ0n) is 17.8. The van der Waals surface area contributed by atoms with Gasteiger partial charge in [0.15, 0.2) is 11.5 Å². The number of aliphatic hydroxyl groups is 1. The van der Waals surface area contributed by atoms with Gasteiger partial charge in [0.05, 0.1) is 19.3 Å². The first-order valence-corrected chi connectivity index (χ1v) is 10.5. The molecular weight excluding hydrogens is 378 g/mol. The average Bonchev–Trinajstić information content (AvgIpc) is 2.71. The summed E-state index contributed by atoms with van der Waals surface area (Å²) in [5.74, 6) is 2.50. The van der Waals surface area contributed by atoms with Gasteiger partial charge in [0.1, 0.15) is 18.1 Å². The van der Waals surface area contributed by atoms with Crippen molar-refractivity contribution in [2.24, 2.45) is 5.92 Å². The minimum absolute atomic E-state index is 0.354. The molecule has 0 aromatic carbocycles. The van der Waals surface area contributed by atoms with Crippen molar-refractivity contribution in [2.75, 3.05) is 20.8 Å². The normalized spacial score (nSPS) is 20.2. The second-order valence-corrected chi connectivity index (χ2v) is 7.22. The van der Waals surface area contributed by atoms with E-state index in [1.165, 1.54) is 0 Å². The van der Waals surface area contributed by atoms with E-state index in [4.69, 9.17) is 25.8 Å². The van der Waals surface area contributed by atoms with Crippen LogP contribution in [0.2, 0.25) is 0 Å². The van der Waals surface area contributed by atoms with Crippen LogP contribution < -0.4 is 5.32 Å². The Bertz CT molecular complexity index is 583. The van der Waals surface area contributed by atoms with E-state index < -0.39 is 6.23 Å². The minimum atomic E-state index is -0.780. The van der Waals surface area contributed by atoms with Gasteiger partial charge in [0.25, 0.3) is 0 Å². The number of hydrogen-bond donors (Lipinski definition) is 2. The third kappa shape index (κ3) is 7.90. The van der Waals surface area contributed by atoms with E-state index in [0.29, 0.717) is 36.2 Å².